The van der Waals surface area contributed by atoms with Crippen LogP contribution in [-0.2, 0) is 13.1 Å². The second kappa shape index (κ2) is 13.3. The number of nitro groups is 2. The molecule has 0 amide bonds. The van der Waals surface area contributed by atoms with E-state index in [4.69, 9.17) is 23.2 Å². The number of halogens is 2. The summed E-state index contributed by atoms with van der Waals surface area (Å²) in [6, 6.07) is 6.93. The zero-order valence-corrected chi connectivity index (χ0v) is 22.5. The molecule has 39 heavy (non-hydrogen) atoms. The number of hydrogen-bond donors (Lipinski definition) is 0. The maximum Gasteiger partial charge on any atom is 0.307 e. The Morgan fingerprint density at radius 1 is 0.795 bits per heavy atom. The van der Waals surface area contributed by atoms with Crippen LogP contribution in [-0.4, -0.2) is 67.5 Å². The predicted octanol–water partition coefficient (Wildman–Crippen LogP) is 4.40. The van der Waals surface area contributed by atoms with Crippen LogP contribution in [0.25, 0.3) is 0 Å². The number of amidine groups is 2. The molecule has 4 rings (SSSR count). The molecule has 0 aromatic carbocycles. The Hall–Kier alpha value is -3.90. The first-order valence-corrected chi connectivity index (χ1v) is 13.1. The van der Waals surface area contributed by atoms with Gasteiger partial charge in [-0.2, -0.15) is 0 Å². The summed E-state index contributed by atoms with van der Waals surface area (Å²) < 4.78 is 0. The summed E-state index contributed by atoms with van der Waals surface area (Å²) in [5, 5.41) is 24.8. The molecule has 2 aromatic heterocycles. The van der Waals surface area contributed by atoms with Gasteiger partial charge in [-0.15, -0.1) is 0 Å². The molecule has 0 unspecified atom stereocenters. The maximum absolute atomic E-state index is 12.0. The number of pyridine rings is 2. The lowest BCUT2D eigenvalue weighted by molar-refractivity contribution is -0.417. The van der Waals surface area contributed by atoms with Crippen LogP contribution in [0.4, 0.5) is 0 Å². The van der Waals surface area contributed by atoms with Crippen molar-refractivity contribution in [1.29, 1.82) is 0 Å². The molecule has 12 nitrogen and oxygen atoms in total. The normalized spacial score (nSPS) is 16.6. The third kappa shape index (κ3) is 7.58. The average Bonchev–Trinajstić information content (AvgIpc) is 2.92. The Morgan fingerprint density at radius 2 is 1.23 bits per heavy atom. The van der Waals surface area contributed by atoms with Crippen molar-refractivity contribution in [2.24, 2.45) is 9.98 Å². The zero-order chi connectivity index (χ0) is 27.8. The SMILES string of the molecule is O=[N+]([O-])C(=CCC=C(C1=NCCCN1Cc1ccc(Cl)nc1)[N+](=O)[O-])C1=NCCCN1Cc1ccc(Cl)nc1. The summed E-state index contributed by atoms with van der Waals surface area (Å²) in [5.41, 5.74) is 1.26. The molecule has 0 saturated heterocycles. The number of allylic oxidation sites excluding steroid dienone is 2. The maximum atomic E-state index is 12.0. The lowest BCUT2D eigenvalue weighted by Crippen LogP contribution is -2.38. The lowest BCUT2D eigenvalue weighted by atomic mass is 10.1. The van der Waals surface area contributed by atoms with Crippen LogP contribution in [0.15, 0.2) is 70.2 Å². The van der Waals surface area contributed by atoms with Crippen LogP contribution in [0.2, 0.25) is 10.3 Å². The van der Waals surface area contributed by atoms with E-state index >= 15 is 0 Å². The number of hydrogen-bond acceptors (Lipinski definition) is 10. The van der Waals surface area contributed by atoms with E-state index < -0.39 is 9.85 Å². The Morgan fingerprint density at radius 3 is 1.59 bits per heavy atom. The summed E-state index contributed by atoms with van der Waals surface area (Å²) in [6.45, 7) is 2.81. The largest absolute Gasteiger partial charge is 0.347 e. The van der Waals surface area contributed by atoms with Crippen molar-refractivity contribution in [3.8, 4) is 0 Å². The molecule has 2 aromatic rings. The molecule has 0 bridgehead atoms. The van der Waals surface area contributed by atoms with Gasteiger partial charge < -0.3 is 9.80 Å². The van der Waals surface area contributed by atoms with Crippen molar-refractivity contribution >= 4 is 34.9 Å². The van der Waals surface area contributed by atoms with Gasteiger partial charge >= 0.3 is 11.4 Å². The van der Waals surface area contributed by atoms with Gasteiger partial charge in [0, 0.05) is 63.8 Å². The molecule has 0 atom stereocenters. The summed E-state index contributed by atoms with van der Waals surface area (Å²) in [7, 11) is 0. The first kappa shape index (κ1) is 28.1. The van der Waals surface area contributed by atoms with Crippen molar-refractivity contribution in [3.05, 3.63) is 102 Å². The second-order valence-corrected chi connectivity index (χ2v) is 9.64. The lowest BCUT2D eigenvalue weighted by Gasteiger charge is -2.28. The molecule has 2 aliphatic heterocycles. The van der Waals surface area contributed by atoms with Crippen molar-refractivity contribution in [2.45, 2.75) is 32.4 Å². The fourth-order valence-electron chi connectivity index (χ4n) is 4.32. The van der Waals surface area contributed by atoms with Gasteiger partial charge in [-0.05, 0) is 42.5 Å². The molecule has 4 heterocycles. The molecule has 0 aliphatic carbocycles. The number of aliphatic imine (C=N–C) groups is 2. The van der Waals surface area contributed by atoms with Gasteiger partial charge in [-0.25, -0.2) is 9.97 Å². The van der Waals surface area contributed by atoms with Gasteiger partial charge in [0.05, 0.1) is 9.85 Å². The number of nitrogens with zero attached hydrogens (tertiary/aromatic N) is 8. The van der Waals surface area contributed by atoms with Crippen molar-refractivity contribution in [1.82, 2.24) is 19.8 Å². The molecule has 204 valence electrons. The van der Waals surface area contributed by atoms with Gasteiger partial charge in [-0.1, -0.05) is 35.3 Å². The number of aromatic nitrogens is 2. The quantitative estimate of drug-likeness (QED) is 0.231. The Labute approximate surface area is 234 Å². The smallest absolute Gasteiger partial charge is 0.307 e. The van der Waals surface area contributed by atoms with Gasteiger partial charge in [0.2, 0.25) is 11.7 Å². The topological polar surface area (TPSA) is 143 Å². The highest BCUT2D eigenvalue weighted by Crippen LogP contribution is 2.19. The molecule has 0 radical (unpaired) electrons. The van der Waals surface area contributed by atoms with Crippen molar-refractivity contribution < 1.29 is 9.85 Å². The average molecular weight is 573 g/mol. The van der Waals surface area contributed by atoms with Gasteiger partial charge in [0.25, 0.3) is 0 Å². The van der Waals surface area contributed by atoms with E-state index in [2.05, 4.69) is 20.0 Å². The fraction of sp³-hybridized carbons (Fsp3) is 0.360. The van der Waals surface area contributed by atoms with E-state index in [9.17, 15) is 20.2 Å². The van der Waals surface area contributed by atoms with Gasteiger partial charge in [-0.3, -0.25) is 30.2 Å². The van der Waals surface area contributed by atoms with Crippen LogP contribution in [0.3, 0.4) is 0 Å². The van der Waals surface area contributed by atoms with E-state index in [0.29, 0.717) is 49.6 Å². The highest BCUT2D eigenvalue weighted by Gasteiger charge is 2.29. The number of rotatable bonds is 10. The van der Waals surface area contributed by atoms with Gasteiger partial charge in [0.1, 0.15) is 10.3 Å². The van der Waals surface area contributed by atoms with Gasteiger partial charge in [0.15, 0.2) is 0 Å². The Balaban J connectivity index is 1.55. The van der Waals surface area contributed by atoms with Crippen molar-refractivity contribution in [2.75, 3.05) is 26.2 Å². The Bertz CT molecular complexity index is 1230. The van der Waals surface area contributed by atoms with Crippen LogP contribution in [0.1, 0.15) is 30.4 Å². The summed E-state index contributed by atoms with van der Waals surface area (Å²) >= 11 is 11.7. The predicted molar refractivity (Wildman–Crippen MR) is 148 cm³/mol. The third-order valence-electron chi connectivity index (χ3n) is 6.09. The van der Waals surface area contributed by atoms with Crippen LogP contribution in [0, 0.1) is 20.2 Å². The highest BCUT2D eigenvalue weighted by molar-refractivity contribution is 6.29. The fourth-order valence-corrected chi connectivity index (χ4v) is 4.54. The zero-order valence-electron chi connectivity index (χ0n) is 20.9. The molecule has 0 fully saturated rings. The molecular weight excluding hydrogens is 547 g/mol. The molecule has 14 heteroatoms. The molecular formula is C25H26Cl2N8O4. The molecule has 0 saturated carbocycles. The first-order chi connectivity index (χ1) is 18.8. The monoisotopic (exact) mass is 572 g/mol. The molecule has 2 aliphatic rings. The highest BCUT2D eigenvalue weighted by atomic mass is 35.5. The van der Waals surface area contributed by atoms with Crippen LogP contribution < -0.4 is 0 Å². The van der Waals surface area contributed by atoms with E-state index in [-0.39, 0.29) is 29.5 Å². The second-order valence-electron chi connectivity index (χ2n) is 8.87. The summed E-state index contributed by atoms with van der Waals surface area (Å²) in [4.78, 5) is 43.7. The minimum Gasteiger partial charge on any atom is -0.347 e. The van der Waals surface area contributed by atoms with Crippen molar-refractivity contribution in [3.63, 3.8) is 0 Å². The van der Waals surface area contributed by atoms with Crippen LogP contribution >= 0.6 is 23.2 Å². The summed E-state index contributed by atoms with van der Waals surface area (Å²) in [5.74, 6) is 0.480. The van der Waals surface area contributed by atoms with E-state index in [1.165, 1.54) is 12.2 Å². The third-order valence-corrected chi connectivity index (χ3v) is 6.54. The van der Waals surface area contributed by atoms with E-state index in [0.717, 1.165) is 24.0 Å². The minimum atomic E-state index is -0.505. The van der Waals surface area contributed by atoms with E-state index in [1.807, 2.05) is 9.80 Å². The standard InChI is InChI=1S/C25H26Cl2N8O4/c26-22-8-6-18(14-30-22)16-32-12-2-10-28-24(32)20(34(36)37)4-1-5-21(35(38)39)25-29-11-3-13-33(25)17-19-7-9-23(27)31-15-19/h4-9,14-15H,1-3,10-13,16-17H2. The summed E-state index contributed by atoms with van der Waals surface area (Å²) in [6.07, 6.45) is 7.41. The molecule has 0 spiro atoms. The first-order valence-electron chi connectivity index (χ1n) is 12.3. The van der Waals surface area contributed by atoms with E-state index in [1.54, 1.807) is 36.7 Å². The molecule has 0 N–H and O–H groups in total. The minimum absolute atomic E-state index is 0.0443. The Kier molecular flexibility index (Phi) is 9.55. The van der Waals surface area contributed by atoms with Crippen LogP contribution in [0.5, 0.6) is 0 Å².